The number of amides is 1. The van der Waals surface area contributed by atoms with E-state index in [9.17, 15) is 14.7 Å². The average Bonchev–Trinajstić information content (AvgIpc) is 3.52. The predicted octanol–water partition coefficient (Wildman–Crippen LogP) is 8.27. The van der Waals surface area contributed by atoms with Crippen LogP contribution in [0.3, 0.4) is 0 Å². The Labute approximate surface area is 232 Å². The van der Waals surface area contributed by atoms with Gasteiger partial charge < -0.3 is 19.6 Å². The summed E-state index contributed by atoms with van der Waals surface area (Å²) < 4.78 is 11.3. The number of hydrogen-bond acceptors (Lipinski definition) is 4. The highest BCUT2D eigenvalue weighted by Crippen LogP contribution is 2.31. The third-order valence-electron chi connectivity index (χ3n) is 6.70. The molecule has 4 aromatic carbocycles. The molecule has 0 bridgehead atoms. The topological polar surface area (TPSA) is 88.8 Å². The largest absolute Gasteiger partial charge is 0.488 e. The van der Waals surface area contributed by atoms with E-state index in [4.69, 9.17) is 9.15 Å². The van der Waals surface area contributed by atoms with Crippen molar-refractivity contribution in [2.75, 3.05) is 5.32 Å². The van der Waals surface area contributed by atoms with Crippen LogP contribution in [0.5, 0.6) is 5.75 Å². The number of nitrogens with one attached hydrogen (secondary N) is 1. The van der Waals surface area contributed by atoms with E-state index in [2.05, 4.69) is 31.3 Å². The van der Waals surface area contributed by atoms with Crippen molar-refractivity contribution in [3.8, 4) is 28.0 Å². The van der Waals surface area contributed by atoms with Crippen molar-refractivity contribution >= 4 is 17.6 Å². The van der Waals surface area contributed by atoms with E-state index in [0.717, 1.165) is 27.8 Å². The molecule has 0 saturated heterocycles. The van der Waals surface area contributed by atoms with Crippen LogP contribution < -0.4 is 10.1 Å². The average molecular weight is 532 g/mol. The number of hydrogen-bond donors (Lipinski definition) is 2. The van der Waals surface area contributed by atoms with Crippen molar-refractivity contribution in [3.63, 3.8) is 0 Å². The Bertz CT molecular complexity index is 1640. The Hall–Kier alpha value is -5.10. The first-order valence-electron chi connectivity index (χ1n) is 13.0. The molecule has 0 atom stereocenters. The van der Waals surface area contributed by atoms with Crippen LogP contribution in [-0.4, -0.2) is 17.0 Å². The van der Waals surface area contributed by atoms with E-state index < -0.39 is 11.9 Å². The molecule has 0 aliphatic rings. The molecule has 6 heteroatoms. The Morgan fingerprint density at radius 2 is 1.55 bits per heavy atom. The first-order chi connectivity index (χ1) is 19.4. The number of carbonyl (C=O) groups excluding carboxylic acids is 1. The Morgan fingerprint density at radius 1 is 0.800 bits per heavy atom. The van der Waals surface area contributed by atoms with Crippen LogP contribution in [0.4, 0.5) is 5.69 Å². The molecule has 0 aliphatic heterocycles. The summed E-state index contributed by atoms with van der Waals surface area (Å²) in [7, 11) is 0. The van der Waals surface area contributed by atoms with Crippen molar-refractivity contribution in [2.45, 2.75) is 26.4 Å². The van der Waals surface area contributed by atoms with E-state index in [-0.39, 0.29) is 23.4 Å². The Kier molecular flexibility index (Phi) is 7.78. The summed E-state index contributed by atoms with van der Waals surface area (Å²) in [5, 5.41) is 12.7. The predicted molar refractivity (Wildman–Crippen MR) is 156 cm³/mol. The number of rotatable bonds is 9. The molecule has 0 spiro atoms. The van der Waals surface area contributed by atoms with Crippen LogP contribution in [0.2, 0.25) is 0 Å². The fourth-order valence-corrected chi connectivity index (χ4v) is 4.46. The lowest BCUT2D eigenvalue weighted by Crippen LogP contribution is -2.16. The third kappa shape index (κ3) is 5.97. The number of aromatic carboxylic acids is 1. The molecule has 0 radical (unpaired) electrons. The second-order valence-corrected chi connectivity index (χ2v) is 9.80. The fourth-order valence-electron chi connectivity index (χ4n) is 4.46. The van der Waals surface area contributed by atoms with Gasteiger partial charge in [0, 0.05) is 5.56 Å². The maximum absolute atomic E-state index is 13.7. The molecular weight excluding hydrogens is 502 g/mol. The molecular formula is C34H29NO5. The minimum absolute atomic E-state index is 0.00476. The van der Waals surface area contributed by atoms with E-state index >= 15 is 0 Å². The number of anilines is 1. The zero-order valence-corrected chi connectivity index (χ0v) is 22.3. The van der Waals surface area contributed by atoms with Gasteiger partial charge >= 0.3 is 5.97 Å². The first kappa shape index (κ1) is 26.5. The van der Waals surface area contributed by atoms with Crippen LogP contribution in [-0.2, 0) is 6.61 Å². The molecule has 40 heavy (non-hydrogen) atoms. The van der Waals surface area contributed by atoms with E-state index in [1.54, 1.807) is 42.9 Å². The van der Waals surface area contributed by atoms with Gasteiger partial charge in [0.05, 0.1) is 29.3 Å². The van der Waals surface area contributed by atoms with E-state index in [0.29, 0.717) is 11.7 Å². The number of furan rings is 1. The number of benzene rings is 4. The van der Waals surface area contributed by atoms with Crippen LogP contribution in [0.1, 0.15) is 51.6 Å². The summed E-state index contributed by atoms with van der Waals surface area (Å²) in [4.78, 5) is 25.8. The molecule has 0 aliphatic carbocycles. The Balaban J connectivity index is 1.50. The van der Waals surface area contributed by atoms with Gasteiger partial charge in [-0.05, 0) is 64.1 Å². The lowest BCUT2D eigenvalue weighted by Gasteiger charge is -2.15. The van der Waals surface area contributed by atoms with Crippen molar-refractivity contribution in [1.29, 1.82) is 0 Å². The lowest BCUT2D eigenvalue weighted by atomic mass is 9.96. The second-order valence-electron chi connectivity index (χ2n) is 9.80. The monoisotopic (exact) mass is 531 g/mol. The van der Waals surface area contributed by atoms with Crippen LogP contribution in [0.25, 0.3) is 22.3 Å². The minimum atomic E-state index is -1.13. The lowest BCUT2D eigenvalue weighted by molar-refractivity contribution is 0.0698. The van der Waals surface area contributed by atoms with Crippen LogP contribution in [0.15, 0.2) is 114 Å². The summed E-state index contributed by atoms with van der Waals surface area (Å²) in [5.74, 6) is -0.894. The highest BCUT2D eigenvalue weighted by molar-refractivity contribution is 6.10. The summed E-state index contributed by atoms with van der Waals surface area (Å²) in [6.07, 6.45) is 3.16. The van der Waals surface area contributed by atoms with E-state index in [1.807, 2.05) is 48.5 Å². The number of ether oxygens (including phenoxy) is 1. The molecule has 6 nitrogen and oxygen atoms in total. The molecule has 0 fully saturated rings. The molecule has 1 aromatic heterocycles. The zero-order valence-electron chi connectivity index (χ0n) is 22.3. The number of carboxylic acid groups (broad SMARTS) is 1. The number of carbonyl (C=O) groups is 2. The van der Waals surface area contributed by atoms with Crippen LogP contribution in [0, 0.1) is 0 Å². The molecule has 0 saturated carbocycles. The van der Waals surface area contributed by atoms with Gasteiger partial charge in [-0.25, -0.2) is 4.79 Å². The SMILES string of the molecule is CC(C)c1cccc(-c2ccc(C(=O)O)c(NC(=O)c3cc(-c4ccoc4)ccc3OCc3ccccc3)c2)c1. The maximum Gasteiger partial charge on any atom is 0.337 e. The van der Waals surface area contributed by atoms with Gasteiger partial charge in [0.2, 0.25) is 0 Å². The maximum atomic E-state index is 13.7. The van der Waals surface area contributed by atoms with Gasteiger partial charge in [-0.15, -0.1) is 0 Å². The Morgan fingerprint density at radius 3 is 2.27 bits per heavy atom. The standard InChI is InChI=1S/C34H29NO5/c1-22(2)24-9-6-10-25(17-24)27-11-13-29(34(37)38)31(19-27)35-33(36)30-18-26(28-15-16-39-21-28)12-14-32(30)40-20-23-7-4-3-5-8-23/h3-19,21-22H,20H2,1-2H3,(H,35,36)(H,37,38). The quantitative estimate of drug-likeness (QED) is 0.200. The first-order valence-corrected chi connectivity index (χ1v) is 13.0. The third-order valence-corrected chi connectivity index (χ3v) is 6.70. The summed E-state index contributed by atoms with van der Waals surface area (Å²) in [5.41, 5.74) is 5.91. The molecule has 1 heterocycles. The van der Waals surface area contributed by atoms with Crippen molar-refractivity contribution < 1.29 is 23.8 Å². The molecule has 2 N–H and O–H groups in total. The van der Waals surface area contributed by atoms with Gasteiger partial charge in [0.1, 0.15) is 12.4 Å². The van der Waals surface area contributed by atoms with Gasteiger partial charge in [-0.3, -0.25) is 4.79 Å². The van der Waals surface area contributed by atoms with Crippen molar-refractivity contribution in [1.82, 2.24) is 0 Å². The molecule has 1 amide bonds. The van der Waals surface area contributed by atoms with Gasteiger partial charge in [0.25, 0.3) is 5.91 Å². The summed E-state index contributed by atoms with van der Waals surface area (Å²) in [6.45, 7) is 4.51. The zero-order chi connectivity index (χ0) is 28.1. The van der Waals surface area contributed by atoms with Crippen molar-refractivity contribution in [2.24, 2.45) is 0 Å². The highest BCUT2D eigenvalue weighted by Gasteiger charge is 2.19. The van der Waals surface area contributed by atoms with Crippen molar-refractivity contribution in [3.05, 3.63) is 132 Å². The molecule has 5 rings (SSSR count). The molecule has 200 valence electrons. The normalized spacial score (nSPS) is 10.9. The molecule has 5 aromatic rings. The molecule has 0 unspecified atom stereocenters. The van der Waals surface area contributed by atoms with E-state index in [1.165, 1.54) is 11.6 Å². The highest BCUT2D eigenvalue weighted by atomic mass is 16.5. The fraction of sp³-hybridized carbons (Fsp3) is 0.118. The van der Waals surface area contributed by atoms with Gasteiger partial charge in [-0.1, -0.05) is 80.6 Å². The smallest absolute Gasteiger partial charge is 0.337 e. The summed E-state index contributed by atoms with van der Waals surface area (Å²) >= 11 is 0. The second kappa shape index (κ2) is 11.7. The van der Waals surface area contributed by atoms with Gasteiger partial charge in [0.15, 0.2) is 0 Å². The number of carboxylic acids is 1. The van der Waals surface area contributed by atoms with Gasteiger partial charge in [-0.2, -0.15) is 0 Å². The summed E-state index contributed by atoms with van der Waals surface area (Å²) in [6, 6.07) is 29.8. The minimum Gasteiger partial charge on any atom is -0.488 e. The van der Waals surface area contributed by atoms with Crippen LogP contribution >= 0.6 is 0 Å².